The molecular weight excluding hydrogens is 232 g/mol. The quantitative estimate of drug-likeness (QED) is 0.830. The fourth-order valence-electron chi connectivity index (χ4n) is 1.51. The predicted octanol–water partition coefficient (Wildman–Crippen LogP) is 0.767. The van der Waals surface area contributed by atoms with Crippen LogP contribution in [0.5, 0.6) is 0 Å². The van der Waals surface area contributed by atoms with Gasteiger partial charge in [-0.25, -0.2) is 0 Å². The Hall–Kier alpha value is -2.21. The summed E-state index contributed by atoms with van der Waals surface area (Å²) in [6.45, 7) is 2.44. The predicted molar refractivity (Wildman–Crippen MR) is 64.5 cm³/mol. The van der Waals surface area contributed by atoms with E-state index in [1.54, 1.807) is 31.3 Å². The fourth-order valence-corrected chi connectivity index (χ4v) is 1.51. The number of amides is 1. The summed E-state index contributed by atoms with van der Waals surface area (Å²) >= 11 is 0. The number of aromatic nitrogens is 2. The van der Waals surface area contributed by atoms with Crippen LogP contribution in [0.1, 0.15) is 27.5 Å². The van der Waals surface area contributed by atoms with E-state index in [1.807, 2.05) is 0 Å². The van der Waals surface area contributed by atoms with Crippen LogP contribution in [-0.2, 0) is 13.1 Å². The second-order valence-electron chi connectivity index (χ2n) is 3.85. The highest BCUT2D eigenvalue weighted by Gasteiger charge is 2.07. The number of carbonyl (C=O) groups is 1. The maximum absolute atomic E-state index is 11.9. The van der Waals surface area contributed by atoms with Crippen molar-refractivity contribution in [1.82, 2.24) is 15.5 Å². The van der Waals surface area contributed by atoms with Gasteiger partial charge in [0.1, 0.15) is 11.5 Å². The lowest BCUT2D eigenvalue weighted by molar-refractivity contribution is 0.0950. The van der Waals surface area contributed by atoms with Gasteiger partial charge in [0.25, 0.3) is 5.91 Å². The molecule has 3 N–H and O–H groups in total. The van der Waals surface area contributed by atoms with Crippen LogP contribution in [0.3, 0.4) is 0 Å². The van der Waals surface area contributed by atoms with Crippen molar-refractivity contribution >= 4 is 5.91 Å². The summed E-state index contributed by atoms with van der Waals surface area (Å²) in [5.41, 5.74) is 7.37. The van der Waals surface area contributed by atoms with Gasteiger partial charge in [0.2, 0.25) is 0 Å². The van der Waals surface area contributed by atoms with Gasteiger partial charge in [0, 0.05) is 24.4 Å². The first-order valence-corrected chi connectivity index (χ1v) is 5.54. The van der Waals surface area contributed by atoms with E-state index < -0.39 is 0 Å². The first-order valence-electron chi connectivity index (χ1n) is 5.54. The molecule has 2 rings (SSSR count). The van der Waals surface area contributed by atoms with Crippen LogP contribution in [-0.4, -0.2) is 16.0 Å². The van der Waals surface area contributed by atoms with Gasteiger partial charge in [0.15, 0.2) is 0 Å². The molecule has 0 radical (unpaired) electrons. The Morgan fingerprint density at radius 2 is 2.28 bits per heavy atom. The maximum Gasteiger partial charge on any atom is 0.251 e. The second-order valence-corrected chi connectivity index (χ2v) is 3.85. The molecule has 2 aromatic rings. The molecule has 0 unspecified atom stereocenters. The van der Waals surface area contributed by atoms with E-state index in [0.717, 1.165) is 0 Å². The van der Waals surface area contributed by atoms with Crippen molar-refractivity contribution in [3.63, 3.8) is 0 Å². The molecule has 0 aliphatic rings. The molecule has 0 atom stereocenters. The van der Waals surface area contributed by atoms with Gasteiger partial charge in [-0.2, -0.15) is 0 Å². The fraction of sp³-hybridized carbons (Fsp3) is 0.250. The van der Waals surface area contributed by atoms with Crippen molar-refractivity contribution in [3.8, 4) is 0 Å². The second kappa shape index (κ2) is 5.42. The van der Waals surface area contributed by atoms with Crippen LogP contribution in [0.4, 0.5) is 0 Å². The standard InChI is InChI=1S/C12H14N4O2/c1-8-4-11(16-18-8)7-15-12(17)9-2-3-14-10(5-9)6-13/h2-5H,6-7,13H2,1H3,(H,15,17). The van der Waals surface area contributed by atoms with Gasteiger partial charge in [-0.3, -0.25) is 9.78 Å². The minimum Gasteiger partial charge on any atom is -0.361 e. The molecule has 2 aromatic heterocycles. The van der Waals surface area contributed by atoms with Crippen LogP contribution >= 0.6 is 0 Å². The molecule has 18 heavy (non-hydrogen) atoms. The zero-order chi connectivity index (χ0) is 13.0. The van der Waals surface area contributed by atoms with Crippen LogP contribution < -0.4 is 11.1 Å². The number of pyridine rings is 1. The Morgan fingerprint density at radius 3 is 2.94 bits per heavy atom. The summed E-state index contributed by atoms with van der Waals surface area (Å²) in [4.78, 5) is 15.9. The average molecular weight is 246 g/mol. The molecule has 1 amide bonds. The molecule has 0 spiro atoms. The summed E-state index contributed by atoms with van der Waals surface area (Å²) in [6.07, 6.45) is 1.57. The monoisotopic (exact) mass is 246 g/mol. The normalized spacial score (nSPS) is 10.3. The molecule has 6 nitrogen and oxygen atoms in total. The van der Waals surface area contributed by atoms with Gasteiger partial charge in [-0.05, 0) is 19.1 Å². The van der Waals surface area contributed by atoms with E-state index >= 15 is 0 Å². The van der Waals surface area contributed by atoms with Crippen molar-refractivity contribution in [2.24, 2.45) is 5.73 Å². The first-order chi connectivity index (χ1) is 8.69. The van der Waals surface area contributed by atoms with Crippen molar-refractivity contribution in [3.05, 3.63) is 47.1 Å². The minimum atomic E-state index is -0.187. The summed E-state index contributed by atoms with van der Waals surface area (Å²) in [5.74, 6) is 0.529. The van der Waals surface area contributed by atoms with E-state index in [1.165, 1.54) is 0 Å². The van der Waals surface area contributed by atoms with Crippen LogP contribution in [0, 0.1) is 6.92 Å². The van der Waals surface area contributed by atoms with Crippen LogP contribution in [0.15, 0.2) is 28.9 Å². The number of nitrogens with one attached hydrogen (secondary N) is 1. The van der Waals surface area contributed by atoms with E-state index in [0.29, 0.717) is 35.8 Å². The smallest absolute Gasteiger partial charge is 0.251 e. The number of nitrogens with zero attached hydrogens (tertiary/aromatic N) is 2. The van der Waals surface area contributed by atoms with Crippen LogP contribution in [0.25, 0.3) is 0 Å². The Bertz CT molecular complexity index is 551. The third-order valence-corrected chi connectivity index (χ3v) is 2.39. The molecule has 0 saturated heterocycles. The number of aryl methyl sites for hydroxylation is 1. The van der Waals surface area contributed by atoms with Crippen molar-refractivity contribution in [1.29, 1.82) is 0 Å². The summed E-state index contributed by atoms with van der Waals surface area (Å²) in [5, 5.41) is 6.54. The van der Waals surface area contributed by atoms with Gasteiger partial charge >= 0.3 is 0 Å². The van der Waals surface area contributed by atoms with E-state index in [2.05, 4.69) is 15.5 Å². The van der Waals surface area contributed by atoms with E-state index in [-0.39, 0.29) is 5.91 Å². The van der Waals surface area contributed by atoms with E-state index in [9.17, 15) is 4.79 Å². The molecule has 0 aliphatic carbocycles. The highest BCUT2D eigenvalue weighted by Crippen LogP contribution is 2.04. The largest absolute Gasteiger partial charge is 0.361 e. The third kappa shape index (κ3) is 2.92. The maximum atomic E-state index is 11.9. The molecule has 0 bridgehead atoms. The molecular formula is C12H14N4O2. The van der Waals surface area contributed by atoms with Gasteiger partial charge in [-0.1, -0.05) is 5.16 Å². The average Bonchev–Trinajstić information content (AvgIpc) is 2.82. The number of rotatable bonds is 4. The Balaban J connectivity index is 1.99. The van der Waals surface area contributed by atoms with Crippen LogP contribution in [0.2, 0.25) is 0 Å². The molecule has 0 aromatic carbocycles. The number of hydrogen-bond acceptors (Lipinski definition) is 5. The SMILES string of the molecule is Cc1cc(CNC(=O)c2ccnc(CN)c2)no1. The molecule has 94 valence electrons. The van der Waals surface area contributed by atoms with Crippen molar-refractivity contribution < 1.29 is 9.32 Å². The lowest BCUT2D eigenvalue weighted by atomic mass is 10.2. The van der Waals surface area contributed by atoms with Gasteiger partial charge in [-0.15, -0.1) is 0 Å². The highest BCUT2D eigenvalue weighted by molar-refractivity contribution is 5.94. The lowest BCUT2D eigenvalue weighted by Gasteiger charge is -2.04. The number of nitrogens with two attached hydrogens (primary N) is 1. The first kappa shape index (κ1) is 12.3. The number of hydrogen-bond donors (Lipinski definition) is 2. The summed E-state index contributed by atoms with van der Waals surface area (Å²) in [6, 6.07) is 5.09. The molecule has 0 aliphatic heterocycles. The molecule has 0 saturated carbocycles. The zero-order valence-corrected chi connectivity index (χ0v) is 10.0. The Morgan fingerprint density at radius 1 is 1.44 bits per heavy atom. The minimum absolute atomic E-state index is 0.187. The Kier molecular flexibility index (Phi) is 3.69. The van der Waals surface area contributed by atoms with Gasteiger partial charge in [0.05, 0.1) is 12.2 Å². The molecule has 2 heterocycles. The lowest BCUT2D eigenvalue weighted by Crippen LogP contribution is -2.23. The number of carbonyl (C=O) groups excluding carboxylic acids is 1. The van der Waals surface area contributed by atoms with Crippen molar-refractivity contribution in [2.75, 3.05) is 0 Å². The molecule has 6 heteroatoms. The zero-order valence-electron chi connectivity index (χ0n) is 10.0. The van der Waals surface area contributed by atoms with Crippen molar-refractivity contribution in [2.45, 2.75) is 20.0 Å². The highest BCUT2D eigenvalue weighted by atomic mass is 16.5. The topological polar surface area (TPSA) is 94.0 Å². The third-order valence-electron chi connectivity index (χ3n) is 2.39. The molecule has 0 fully saturated rings. The van der Waals surface area contributed by atoms with Gasteiger partial charge < -0.3 is 15.6 Å². The summed E-state index contributed by atoms with van der Waals surface area (Å²) in [7, 11) is 0. The summed E-state index contributed by atoms with van der Waals surface area (Å²) < 4.78 is 4.91. The Labute approximate surface area is 104 Å². The van der Waals surface area contributed by atoms with E-state index in [4.69, 9.17) is 10.3 Å².